The Kier molecular flexibility index (Phi) is 12.7. The molecule has 0 saturated heterocycles. The number of rotatable bonds is 14. The summed E-state index contributed by atoms with van der Waals surface area (Å²) in [5.74, 6) is 0. The van der Waals surface area contributed by atoms with Crippen LogP contribution < -0.4 is 5.73 Å². The van der Waals surface area contributed by atoms with E-state index in [0.29, 0.717) is 39.6 Å². The van der Waals surface area contributed by atoms with E-state index in [9.17, 15) is 0 Å². The largest absolute Gasteiger partial charge is 0.382 e. The Labute approximate surface area is 117 Å². The highest BCUT2D eigenvalue weighted by Gasteiger charge is 2.14. The number of hydrogen-bond acceptors (Lipinski definition) is 5. The van der Waals surface area contributed by atoms with Crippen LogP contribution in [-0.2, 0) is 18.9 Å². The zero-order valence-corrected chi connectivity index (χ0v) is 12.8. The van der Waals surface area contributed by atoms with E-state index < -0.39 is 0 Å². The molecule has 0 rings (SSSR count). The monoisotopic (exact) mass is 277 g/mol. The zero-order valence-electron chi connectivity index (χ0n) is 12.8. The fourth-order valence-electron chi connectivity index (χ4n) is 1.44. The van der Waals surface area contributed by atoms with Crippen molar-refractivity contribution in [3.05, 3.63) is 0 Å². The zero-order chi connectivity index (χ0) is 14.4. The number of nitrogens with two attached hydrogens (primary N) is 1. The average Bonchev–Trinajstić information content (AvgIpc) is 2.40. The molecule has 0 amide bonds. The van der Waals surface area contributed by atoms with Gasteiger partial charge in [-0.15, -0.1) is 0 Å². The van der Waals surface area contributed by atoms with E-state index in [0.717, 1.165) is 26.0 Å². The first-order valence-corrected chi connectivity index (χ1v) is 7.04. The Hall–Kier alpha value is -0.200. The summed E-state index contributed by atoms with van der Waals surface area (Å²) >= 11 is 0. The maximum absolute atomic E-state index is 5.67. The van der Waals surface area contributed by atoms with Gasteiger partial charge in [-0.25, -0.2) is 0 Å². The first-order valence-electron chi connectivity index (χ1n) is 7.04. The summed E-state index contributed by atoms with van der Waals surface area (Å²) in [6.45, 7) is 9.57. The van der Waals surface area contributed by atoms with E-state index in [4.69, 9.17) is 24.7 Å². The summed E-state index contributed by atoms with van der Waals surface area (Å²) in [6, 6.07) is 0. The van der Waals surface area contributed by atoms with Crippen LogP contribution in [0.5, 0.6) is 0 Å². The van der Waals surface area contributed by atoms with Crippen LogP contribution in [0, 0.1) is 5.41 Å². The molecule has 0 fully saturated rings. The Bertz CT molecular complexity index is 188. The van der Waals surface area contributed by atoms with Gasteiger partial charge in [0.05, 0.1) is 39.6 Å². The van der Waals surface area contributed by atoms with E-state index in [2.05, 4.69) is 13.8 Å². The average molecular weight is 277 g/mol. The molecule has 0 aliphatic heterocycles. The second-order valence-corrected chi connectivity index (χ2v) is 5.30. The molecule has 0 aromatic heterocycles. The predicted molar refractivity (Wildman–Crippen MR) is 76.4 cm³/mol. The lowest BCUT2D eigenvalue weighted by Gasteiger charge is -2.21. The van der Waals surface area contributed by atoms with Gasteiger partial charge < -0.3 is 24.7 Å². The van der Waals surface area contributed by atoms with E-state index >= 15 is 0 Å². The summed E-state index contributed by atoms with van der Waals surface area (Å²) in [5, 5.41) is 0. The highest BCUT2D eigenvalue weighted by Crippen LogP contribution is 2.19. The van der Waals surface area contributed by atoms with E-state index in [1.54, 1.807) is 7.11 Å². The predicted octanol–water partition coefficient (Wildman–Crippen LogP) is 1.45. The van der Waals surface area contributed by atoms with Gasteiger partial charge in [0.15, 0.2) is 0 Å². The molecule has 0 heterocycles. The molecular formula is C14H31NO4. The molecule has 0 unspecified atom stereocenters. The third-order valence-electron chi connectivity index (χ3n) is 2.87. The van der Waals surface area contributed by atoms with Gasteiger partial charge in [-0.3, -0.25) is 0 Å². The smallest absolute Gasteiger partial charge is 0.0701 e. The van der Waals surface area contributed by atoms with Crippen LogP contribution in [0.2, 0.25) is 0 Å². The van der Waals surface area contributed by atoms with Crippen molar-refractivity contribution >= 4 is 0 Å². The van der Waals surface area contributed by atoms with Gasteiger partial charge in [0, 0.05) is 13.7 Å². The minimum absolute atomic E-state index is 0.222. The summed E-state index contributed by atoms with van der Waals surface area (Å²) in [5.41, 5.74) is 5.89. The maximum atomic E-state index is 5.67. The highest BCUT2D eigenvalue weighted by atomic mass is 16.6. The van der Waals surface area contributed by atoms with Crippen LogP contribution in [-0.4, -0.2) is 59.9 Å². The van der Waals surface area contributed by atoms with E-state index in [1.165, 1.54) is 0 Å². The Morgan fingerprint density at radius 2 is 1.26 bits per heavy atom. The van der Waals surface area contributed by atoms with Crippen LogP contribution >= 0.6 is 0 Å². The lowest BCUT2D eigenvalue weighted by atomic mass is 9.88. The standard InChI is InChI=1S/C14H31NO4/c1-14(2,13-15)5-4-6-17-9-10-19-12-11-18-8-7-16-3/h4-13,15H2,1-3H3. The molecule has 0 spiro atoms. The molecular weight excluding hydrogens is 246 g/mol. The third kappa shape index (κ3) is 14.0. The number of methoxy groups -OCH3 is 1. The van der Waals surface area contributed by atoms with Crippen LogP contribution in [0.4, 0.5) is 0 Å². The van der Waals surface area contributed by atoms with Crippen molar-refractivity contribution < 1.29 is 18.9 Å². The quantitative estimate of drug-likeness (QED) is 0.487. The van der Waals surface area contributed by atoms with Gasteiger partial charge >= 0.3 is 0 Å². The molecule has 5 heteroatoms. The highest BCUT2D eigenvalue weighted by molar-refractivity contribution is 4.68. The third-order valence-corrected chi connectivity index (χ3v) is 2.87. The molecule has 5 nitrogen and oxygen atoms in total. The molecule has 0 aromatic carbocycles. The van der Waals surface area contributed by atoms with Gasteiger partial charge in [-0.2, -0.15) is 0 Å². The first kappa shape index (κ1) is 18.8. The van der Waals surface area contributed by atoms with Crippen LogP contribution in [0.3, 0.4) is 0 Å². The lowest BCUT2D eigenvalue weighted by Crippen LogP contribution is -2.23. The molecule has 0 saturated carbocycles. The molecule has 0 radical (unpaired) electrons. The van der Waals surface area contributed by atoms with Crippen molar-refractivity contribution in [2.75, 3.05) is 59.9 Å². The fourth-order valence-corrected chi connectivity index (χ4v) is 1.44. The van der Waals surface area contributed by atoms with E-state index in [-0.39, 0.29) is 5.41 Å². The molecule has 116 valence electrons. The van der Waals surface area contributed by atoms with Gasteiger partial charge in [0.1, 0.15) is 0 Å². The van der Waals surface area contributed by atoms with Crippen molar-refractivity contribution in [1.82, 2.24) is 0 Å². The molecule has 0 aromatic rings. The van der Waals surface area contributed by atoms with Gasteiger partial charge in [-0.05, 0) is 24.8 Å². The molecule has 0 aliphatic rings. The second kappa shape index (κ2) is 12.8. The topological polar surface area (TPSA) is 62.9 Å². The number of ether oxygens (including phenoxy) is 4. The Morgan fingerprint density at radius 3 is 1.74 bits per heavy atom. The lowest BCUT2D eigenvalue weighted by molar-refractivity contribution is 0.00260. The summed E-state index contributed by atoms with van der Waals surface area (Å²) in [6.07, 6.45) is 2.14. The second-order valence-electron chi connectivity index (χ2n) is 5.30. The van der Waals surface area contributed by atoms with Gasteiger partial charge in [0.25, 0.3) is 0 Å². The van der Waals surface area contributed by atoms with Crippen molar-refractivity contribution in [2.24, 2.45) is 11.1 Å². The molecule has 0 aliphatic carbocycles. The summed E-state index contributed by atoms with van der Waals surface area (Å²) < 4.78 is 21.0. The maximum Gasteiger partial charge on any atom is 0.0701 e. The van der Waals surface area contributed by atoms with Crippen LogP contribution in [0.25, 0.3) is 0 Å². The Balaban J connectivity index is 3.07. The Morgan fingerprint density at radius 1 is 0.789 bits per heavy atom. The number of hydrogen-bond donors (Lipinski definition) is 1. The molecule has 19 heavy (non-hydrogen) atoms. The van der Waals surface area contributed by atoms with Crippen molar-refractivity contribution in [3.63, 3.8) is 0 Å². The van der Waals surface area contributed by atoms with Gasteiger partial charge in [-0.1, -0.05) is 13.8 Å². The van der Waals surface area contributed by atoms with Crippen LogP contribution in [0.1, 0.15) is 26.7 Å². The van der Waals surface area contributed by atoms with E-state index in [1.807, 2.05) is 0 Å². The molecule has 0 bridgehead atoms. The fraction of sp³-hybridized carbons (Fsp3) is 1.00. The van der Waals surface area contributed by atoms with Crippen molar-refractivity contribution in [2.45, 2.75) is 26.7 Å². The minimum Gasteiger partial charge on any atom is -0.382 e. The normalized spacial score (nSPS) is 12.0. The van der Waals surface area contributed by atoms with Crippen molar-refractivity contribution in [1.29, 1.82) is 0 Å². The molecule has 0 atom stereocenters. The SMILES string of the molecule is COCCOCCOCCOCCCC(C)(C)CN. The van der Waals surface area contributed by atoms with Crippen LogP contribution in [0.15, 0.2) is 0 Å². The summed E-state index contributed by atoms with van der Waals surface area (Å²) in [4.78, 5) is 0. The van der Waals surface area contributed by atoms with Crippen molar-refractivity contribution in [3.8, 4) is 0 Å². The molecule has 2 N–H and O–H groups in total. The minimum atomic E-state index is 0.222. The summed E-state index contributed by atoms with van der Waals surface area (Å²) in [7, 11) is 1.66. The first-order chi connectivity index (χ1) is 9.12. The van der Waals surface area contributed by atoms with Gasteiger partial charge in [0.2, 0.25) is 0 Å².